The Hall–Kier alpha value is -2.50. The van der Waals surface area contributed by atoms with Gasteiger partial charge in [-0.15, -0.1) is 0 Å². The molecule has 1 atom stereocenters. The molecule has 130 valence electrons. The van der Waals surface area contributed by atoms with Crippen molar-refractivity contribution in [1.82, 2.24) is 19.9 Å². The Bertz CT molecular complexity index is 723. The number of anilines is 1. The number of piperidine rings is 1. The highest BCUT2D eigenvalue weighted by molar-refractivity contribution is 5.78. The molecule has 0 aliphatic carbocycles. The van der Waals surface area contributed by atoms with Crippen LogP contribution in [-0.4, -0.2) is 51.9 Å². The van der Waals surface area contributed by atoms with Crippen molar-refractivity contribution in [2.75, 3.05) is 31.1 Å². The molecule has 0 N–H and O–H groups in total. The summed E-state index contributed by atoms with van der Waals surface area (Å²) in [7, 11) is 0. The lowest BCUT2D eigenvalue weighted by Gasteiger charge is -2.40. The number of likely N-dealkylation sites (tertiary alicyclic amines) is 1. The summed E-state index contributed by atoms with van der Waals surface area (Å²) in [6, 6.07) is 7.57. The van der Waals surface area contributed by atoms with E-state index in [0.29, 0.717) is 6.42 Å². The van der Waals surface area contributed by atoms with Crippen molar-refractivity contribution in [3.05, 3.63) is 48.5 Å². The van der Waals surface area contributed by atoms with Gasteiger partial charge in [0.2, 0.25) is 11.9 Å². The smallest absolute Gasteiger partial charge is 0.228 e. The summed E-state index contributed by atoms with van der Waals surface area (Å²) >= 11 is 0. The summed E-state index contributed by atoms with van der Waals surface area (Å²) in [5.74, 6) is 0.989. The third-order valence-corrected chi connectivity index (χ3v) is 5.35. The van der Waals surface area contributed by atoms with Crippen molar-refractivity contribution < 1.29 is 4.79 Å². The zero-order valence-corrected chi connectivity index (χ0v) is 14.3. The number of rotatable bonds is 3. The maximum Gasteiger partial charge on any atom is 0.228 e. The fourth-order valence-corrected chi connectivity index (χ4v) is 4.08. The fourth-order valence-electron chi connectivity index (χ4n) is 4.08. The summed E-state index contributed by atoms with van der Waals surface area (Å²) in [5, 5.41) is 0. The van der Waals surface area contributed by atoms with Crippen LogP contribution in [-0.2, 0) is 11.2 Å². The van der Waals surface area contributed by atoms with Gasteiger partial charge in [-0.2, -0.15) is 0 Å². The Balaban J connectivity index is 1.41. The summed E-state index contributed by atoms with van der Waals surface area (Å²) in [4.78, 5) is 30.0. The van der Waals surface area contributed by atoms with Gasteiger partial charge in [0.25, 0.3) is 0 Å². The van der Waals surface area contributed by atoms with Gasteiger partial charge in [-0.3, -0.25) is 9.78 Å². The highest BCUT2D eigenvalue weighted by Gasteiger charge is 2.43. The molecule has 2 aromatic heterocycles. The van der Waals surface area contributed by atoms with Gasteiger partial charge in [0.1, 0.15) is 0 Å². The van der Waals surface area contributed by atoms with Gasteiger partial charge in [0, 0.05) is 55.9 Å². The third kappa shape index (κ3) is 3.48. The van der Waals surface area contributed by atoms with Gasteiger partial charge in [-0.1, -0.05) is 6.07 Å². The van der Waals surface area contributed by atoms with Crippen LogP contribution in [0.15, 0.2) is 42.9 Å². The molecule has 4 rings (SSSR count). The van der Waals surface area contributed by atoms with Gasteiger partial charge in [-0.05, 0) is 37.5 Å². The Labute approximate surface area is 147 Å². The standard InChI is InChI=1S/C19H23N5O/c25-17(13-16-5-1-2-8-20-16)23-12-7-19(14-23)6-3-11-24(15-19)18-21-9-4-10-22-18/h1-2,4-5,8-10H,3,6-7,11-15H2/t19-/m0/s1. The fraction of sp³-hybridized carbons (Fsp3) is 0.474. The second-order valence-electron chi connectivity index (χ2n) is 7.14. The monoisotopic (exact) mass is 337 g/mol. The van der Waals surface area contributed by atoms with Gasteiger partial charge in [0.05, 0.1) is 6.42 Å². The van der Waals surface area contributed by atoms with E-state index < -0.39 is 0 Å². The Morgan fingerprint density at radius 1 is 1.00 bits per heavy atom. The number of nitrogens with zero attached hydrogens (tertiary/aromatic N) is 5. The van der Waals surface area contributed by atoms with Gasteiger partial charge in [0.15, 0.2) is 0 Å². The van der Waals surface area contributed by atoms with E-state index in [2.05, 4.69) is 19.9 Å². The highest BCUT2D eigenvalue weighted by Crippen LogP contribution is 2.39. The summed E-state index contributed by atoms with van der Waals surface area (Å²) in [6.07, 6.45) is 9.08. The lowest BCUT2D eigenvalue weighted by molar-refractivity contribution is -0.129. The van der Waals surface area contributed by atoms with Crippen molar-refractivity contribution in [1.29, 1.82) is 0 Å². The maximum atomic E-state index is 12.6. The first kappa shape index (κ1) is 16.0. The first-order valence-corrected chi connectivity index (χ1v) is 8.94. The number of hydrogen-bond donors (Lipinski definition) is 0. The lowest BCUT2D eigenvalue weighted by Crippen LogP contribution is -2.46. The highest BCUT2D eigenvalue weighted by atomic mass is 16.2. The number of aromatic nitrogens is 3. The van der Waals surface area contributed by atoms with Crippen molar-refractivity contribution in [3.8, 4) is 0 Å². The lowest BCUT2D eigenvalue weighted by atomic mass is 9.79. The first-order chi connectivity index (χ1) is 12.2. The molecular weight excluding hydrogens is 314 g/mol. The number of carbonyl (C=O) groups excluding carboxylic acids is 1. The molecule has 0 aromatic carbocycles. The molecule has 25 heavy (non-hydrogen) atoms. The number of amides is 1. The molecule has 0 radical (unpaired) electrons. The topological polar surface area (TPSA) is 62.2 Å². The molecule has 1 amide bonds. The molecule has 6 heteroatoms. The molecule has 1 spiro atoms. The number of carbonyl (C=O) groups is 1. The van der Waals surface area contributed by atoms with Crippen molar-refractivity contribution >= 4 is 11.9 Å². The summed E-state index contributed by atoms with van der Waals surface area (Å²) in [5.41, 5.74) is 1.02. The van der Waals surface area contributed by atoms with Crippen molar-refractivity contribution in [2.45, 2.75) is 25.7 Å². The molecule has 0 bridgehead atoms. The van der Waals surface area contributed by atoms with Crippen LogP contribution in [0.5, 0.6) is 0 Å². The second-order valence-corrected chi connectivity index (χ2v) is 7.14. The van der Waals surface area contributed by atoms with Gasteiger partial charge >= 0.3 is 0 Å². The van der Waals surface area contributed by atoms with Crippen LogP contribution in [0.4, 0.5) is 5.95 Å². The second kappa shape index (κ2) is 6.78. The average Bonchev–Trinajstić information content (AvgIpc) is 3.07. The van der Waals surface area contributed by atoms with E-state index in [9.17, 15) is 4.79 Å². The van der Waals surface area contributed by atoms with E-state index in [0.717, 1.165) is 50.7 Å². The number of pyridine rings is 1. The van der Waals surface area contributed by atoms with E-state index in [1.165, 1.54) is 6.42 Å². The SMILES string of the molecule is O=C(Cc1ccccn1)N1CC[C@@]2(CCCN(c3ncccn3)C2)C1. The predicted molar refractivity (Wildman–Crippen MR) is 95.1 cm³/mol. The van der Waals surface area contributed by atoms with Crippen LogP contribution in [0.25, 0.3) is 0 Å². The largest absolute Gasteiger partial charge is 0.342 e. The minimum atomic E-state index is 0.178. The van der Waals surface area contributed by atoms with Gasteiger partial charge in [-0.25, -0.2) is 9.97 Å². The summed E-state index contributed by atoms with van der Waals surface area (Å²) < 4.78 is 0. The minimum absolute atomic E-state index is 0.178. The zero-order chi connectivity index (χ0) is 17.1. The van der Waals surface area contributed by atoms with Crippen LogP contribution in [0.3, 0.4) is 0 Å². The average molecular weight is 337 g/mol. The van der Waals surface area contributed by atoms with E-state index in [4.69, 9.17) is 0 Å². The van der Waals surface area contributed by atoms with Crippen LogP contribution >= 0.6 is 0 Å². The molecule has 2 saturated heterocycles. The van der Waals surface area contributed by atoms with Crippen LogP contribution < -0.4 is 4.90 Å². The Morgan fingerprint density at radius 2 is 1.84 bits per heavy atom. The molecular formula is C19H23N5O. The predicted octanol–water partition coefficient (Wildman–Crippen LogP) is 1.93. The summed E-state index contributed by atoms with van der Waals surface area (Å²) in [6.45, 7) is 3.61. The molecule has 6 nitrogen and oxygen atoms in total. The maximum absolute atomic E-state index is 12.6. The minimum Gasteiger partial charge on any atom is -0.342 e. The third-order valence-electron chi connectivity index (χ3n) is 5.35. The molecule has 0 unspecified atom stereocenters. The van der Waals surface area contributed by atoms with Crippen molar-refractivity contribution in [3.63, 3.8) is 0 Å². The van der Waals surface area contributed by atoms with Crippen molar-refractivity contribution in [2.24, 2.45) is 5.41 Å². The van der Waals surface area contributed by atoms with Crippen LogP contribution in [0, 0.1) is 5.41 Å². The van der Waals surface area contributed by atoms with Crippen LogP contribution in [0.2, 0.25) is 0 Å². The quantitative estimate of drug-likeness (QED) is 0.856. The van der Waals surface area contributed by atoms with E-state index in [1.807, 2.05) is 29.2 Å². The van der Waals surface area contributed by atoms with Crippen LogP contribution in [0.1, 0.15) is 25.0 Å². The Morgan fingerprint density at radius 3 is 2.64 bits per heavy atom. The molecule has 2 aliphatic heterocycles. The number of hydrogen-bond acceptors (Lipinski definition) is 5. The zero-order valence-electron chi connectivity index (χ0n) is 14.3. The molecule has 4 heterocycles. The molecule has 2 aliphatic rings. The normalized spacial score (nSPS) is 23.2. The molecule has 2 aromatic rings. The Kier molecular flexibility index (Phi) is 4.34. The van der Waals surface area contributed by atoms with E-state index in [1.54, 1.807) is 18.6 Å². The van der Waals surface area contributed by atoms with E-state index >= 15 is 0 Å². The van der Waals surface area contributed by atoms with E-state index in [-0.39, 0.29) is 11.3 Å². The van der Waals surface area contributed by atoms with Gasteiger partial charge < -0.3 is 9.80 Å². The first-order valence-electron chi connectivity index (χ1n) is 8.94. The molecule has 0 saturated carbocycles. The molecule has 2 fully saturated rings.